The molecule has 1 N–H and O–H groups in total. The van der Waals surface area contributed by atoms with Gasteiger partial charge in [-0.25, -0.2) is 0 Å². The van der Waals surface area contributed by atoms with E-state index in [4.69, 9.17) is 16.3 Å². The molecule has 0 saturated carbocycles. The fraction of sp³-hybridized carbons (Fsp3) is 0.227. The van der Waals surface area contributed by atoms with E-state index >= 15 is 0 Å². The monoisotopic (exact) mass is 504 g/mol. The van der Waals surface area contributed by atoms with Crippen LogP contribution in [-0.4, -0.2) is 40.6 Å². The van der Waals surface area contributed by atoms with E-state index in [-0.39, 0.29) is 11.8 Å². The highest BCUT2D eigenvalue weighted by molar-refractivity contribution is 9.10. The van der Waals surface area contributed by atoms with Gasteiger partial charge in [-0.05, 0) is 42.8 Å². The van der Waals surface area contributed by atoms with Gasteiger partial charge in [0.15, 0.2) is 0 Å². The maximum Gasteiger partial charge on any atom is 0.273 e. The molecule has 0 bridgehead atoms. The maximum atomic E-state index is 12.7. The third-order valence-corrected chi connectivity index (χ3v) is 5.29. The molecule has 0 atom stereocenters. The van der Waals surface area contributed by atoms with Gasteiger partial charge in [-0.1, -0.05) is 39.7 Å². The smallest absolute Gasteiger partial charge is 0.273 e. The van der Waals surface area contributed by atoms with Crippen LogP contribution < -0.4 is 10.1 Å². The maximum absolute atomic E-state index is 12.7. The number of halogens is 2. The van der Waals surface area contributed by atoms with Crippen molar-refractivity contribution in [2.24, 2.45) is 0 Å². The Labute approximate surface area is 194 Å². The molecule has 3 aromatic rings. The third kappa shape index (κ3) is 5.45. The van der Waals surface area contributed by atoms with Crippen LogP contribution in [0, 0.1) is 0 Å². The Morgan fingerprint density at radius 2 is 1.90 bits per heavy atom. The second kappa shape index (κ2) is 9.98. The number of hydrogen-bond donors (Lipinski definition) is 1. The van der Waals surface area contributed by atoms with Crippen LogP contribution in [0.15, 0.2) is 53.1 Å². The first kappa shape index (κ1) is 22.8. The fourth-order valence-electron chi connectivity index (χ4n) is 2.85. The Hall–Kier alpha value is -2.84. The predicted octanol–water partition coefficient (Wildman–Crippen LogP) is 4.85. The number of aryl methyl sites for hydroxylation is 1. The summed E-state index contributed by atoms with van der Waals surface area (Å²) in [4.78, 5) is 26.6. The van der Waals surface area contributed by atoms with Crippen molar-refractivity contribution in [3.8, 4) is 5.75 Å². The first-order valence-electron chi connectivity index (χ1n) is 9.55. The van der Waals surface area contributed by atoms with E-state index in [2.05, 4.69) is 26.3 Å². The lowest BCUT2D eigenvalue weighted by atomic mass is 10.1. The predicted molar refractivity (Wildman–Crippen MR) is 124 cm³/mol. The van der Waals surface area contributed by atoms with Crippen LogP contribution >= 0.6 is 27.5 Å². The second-order valence-electron chi connectivity index (χ2n) is 6.94. The molecule has 0 fully saturated rings. The fourth-order valence-corrected chi connectivity index (χ4v) is 3.58. The summed E-state index contributed by atoms with van der Waals surface area (Å²) < 4.78 is 8.18. The van der Waals surface area contributed by atoms with E-state index in [0.717, 1.165) is 10.0 Å². The standard InChI is InChI=1S/C22H22BrClN4O3/c1-4-28-20(22(30)27(2)3)18(12-25-28)26-21(29)15-7-5-14(6-8-15)13-31-19-10-9-16(23)11-17(19)24/h5-12H,4,13H2,1-3H3,(H,26,29). The quantitative estimate of drug-likeness (QED) is 0.498. The zero-order chi connectivity index (χ0) is 22.5. The van der Waals surface area contributed by atoms with Crippen molar-refractivity contribution in [2.75, 3.05) is 19.4 Å². The molecule has 1 aromatic heterocycles. The summed E-state index contributed by atoms with van der Waals surface area (Å²) in [5.41, 5.74) is 2.07. The first-order chi connectivity index (χ1) is 14.8. The Bertz CT molecular complexity index is 1100. The number of nitrogens with one attached hydrogen (secondary N) is 1. The number of amides is 2. The van der Waals surface area contributed by atoms with Crippen LogP contribution in [0.4, 0.5) is 5.69 Å². The minimum atomic E-state index is -0.327. The van der Waals surface area contributed by atoms with E-state index in [9.17, 15) is 9.59 Å². The SMILES string of the molecule is CCn1ncc(NC(=O)c2ccc(COc3ccc(Br)cc3Cl)cc2)c1C(=O)N(C)C. The lowest BCUT2D eigenvalue weighted by molar-refractivity contribution is 0.0816. The van der Waals surface area contributed by atoms with Crippen LogP contribution in [0.3, 0.4) is 0 Å². The molecule has 2 aromatic carbocycles. The van der Waals surface area contributed by atoms with Crippen LogP contribution in [0.1, 0.15) is 33.3 Å². The molecule has 0 saturated heterocycles. The van der Waals surface area contributed by atoms with Gasteiger partial charge >= 0.3 is 0 Å². The average molecular weight is 506 g/mol. The minimum absolute atomic E-state index is 0.228. The van der Waals surface area contributed by atoms with E-state index in [1.165, 1.54) is 11.1 Å². The Morgan fingerprint density at radius 3 is 2.52 bits per heavy atom. The van der Waals surface area contributed by atoms with Gasteiger partial charge in [-0.2, -0.15) is 5.10 Å². The molecule has 0 aliphatic rings. The van der Waals surface area contributed by atoms with Gasteiger partial charge < -0.3 is 15.0 Å². The molecule has 0 unspecified atom stereocenters. The summed E-state index contributed by atoms with van der Waals surface area (Å²) in [5, 5.41) is 7.49. The van der Waals surface area contributed by atoms with E-state index in [0.29, 0.717) is 40.9 Å². The summed E-state index contributed by atoms with van der Waals surface area (Å²) in [5.74, 6) is 0.0262. The molecular formula is C22H22BrClN4O3. The van der Waals surface area contributed by atoms with Gasteiger partial charge in [0.25, 0.3) is 11.8 Å². The largest absolute Gasteiger partial charge is 0.487 e. The van der Waals surface area contributed by atoms with Gasteiger partial charge in [-0.3, -0.25) is 14.3 Å². The van der Waals surface area contributed by atoms with Crippen LogP contribution in [0.25, 0.3) is 0 Å². The number of hydrogen-bond acceptors (Lipinski definition) is 4. The van der Waals surface area contributed by atoms with E-state index in [1.807, 2.05) is 25.1 Å². The van der Waals surface area contributed by atoms with Crippen molar-refractivity contribution in [1.29, 1.82) is 0 Å². The molecule has 7 nitrogen and oxygen atoms in total. The number of benzene rings is 2. The van der Waals surface area contributed by atoms with Gasteiger partial charge in [0.05, 0.1) is 16.9 Å². The highest BCUT2D eigenvalue weighted by Gasteiger charge is 2.21. The van der Waals surface area contributed by atoms with Crippen molar-refractivity contribution in [1.82, 2.24) is 14.7 Å². The summed E-state index contributed by atoms with van der Waals surface area (Å²) in [7, 11) is 3.31. The Morgan fingerprint density at radius 1 is 1.19 bits per heavy atom. The van der Waals surface area contributed by atoms with Gasteiger partial charge in [-0.15, -0.1) is 0 Å². The molecule has 0 aliphatic heterocycles. The zero-order valence-electron chi connectivity index (χ0n) is 17.4. The average Bonchev–Trinajstić information content (AvgIpc) is 3.15. The van der Waals surface area contributed by atoms with Crippen molar-refractivity contribution >= 4 is 45.0 Å². The van der Waals surface area contributed by atoms with Gasteiger partial charge in [0.1, 0.15) is 18.1 Å². The van der Waals surface area contributed by atoms with Crippen LogP contribution in [-0.2, 0) is 13.2 Å². The summed E-state index contributed by atoms with van der Waals surface area (Å²) in [6.07, 6.45) is 1.49. The summed E-state index contributed by atoms with van der Waals surface area (Å²) in [6.45, 7) is 2.71. The molecule has 1 heterocycles. The molecular weight excluding hydrogens is 484 g/mol. The summed E-state index contributed by atoms with van der Waals surface area (Å²) in [6, 6.07) is 12.4. The zero-order valence-corrected chi connectivity index (χ0v) is 19.7. The number of carbonyl (C=O) groups excluding carboxylic acids is 2. The van der Waals surface area contributed by atoms with Crippen LogP contribution in [0.5, 0.6) is 5.75 Å². The summed E-state index contributed by atoms with van der Waals surface area (Å²) >= 11 is 9.52. The number of aromatic nitrogens is 2. The lowest BCUT2D eigenvalue weighted by Crippen LogP contribution is -2.26. The molecule has 0 spiro atoms. The molecule has 31 heavy (non-hydrogen) atoms. The number of carbonyl (C=O) groups is 2. The van der Waals surface area contributed by atoms with Crippen molar-refractivity contribution in [3.05, 3.63) is 75.0 Å². The molecule has 0 radical (unpaired) electrons. The topological polar surface area (TPSA) is 76.5 Å². The molecule has 9 heteroatoms. The normalized spacial score (nSPS) is 10.6. The second-order valence-corrected chi connectivity index (χ2v) is 8.26. The molecule has 3 rings (SSSR count). The first-order valence-corrected chi connectivity index (χ1v) is 10.7. The van der Waals surface area contributed by atoms with Crippen molar-refractivity contribution in [2.45, 2.75) is 20.1 Å². The highest BCUT2D eigenvalue weighted by atomic mass is 79.9. The van der Waals surface area contributed by atoms with Gasteiger partial charge in [0, 0.05) is 30.7 Å². The molecule has 0 aliphatic carbocycles. The molecule has 2 amide bonds. The lowest BCUT2D eigenvalue weighted by Gasteiger charge is -2.13. The van der Waals surface area contributed by atoms with E-state index < -0.39 is 0 Å². The number of nitrogens with zero attached hydrogens (tertiary/aromatic N) is 3. The van der Waals surface area contributed by atoms with Gasteiger partial charge in [0.2, 0.25) is 0 Å². The highest BCUT2D eigenvalue weighted by Crippen LogP contribution is 2.28. The van der Waals surface area contributed by atoms with Crippen LogP contribution in [0.2, 0.25) is 5.02 Å². The van der Waals surface area contributed by atoms with Crippen molar-refractivity contribution < 1.29 is 14.3 Å². The van der Waals surface area contributed by atoms with E-state index in [1.54, 1.807) is 43.0 Å². The van der Waals surface area contributed by atoms with Crippen molar-refractivity contribution in [3.63, 3.8) is 0 Å². The Balaban J connectivity index is 1.68. The Kier molecular flexibility index (Phi) is 7.35. The number of rotatable bonds is 7. The third-order valence-electron chi connectivity index (χ3n) is 4.50. The minimum Gasteiger partial charge on any atom is -0.487 e. The molecule has 162 valence electrons. The number of ether oxygens (including phenoxy) is 1. The number of anilines is 1.